The Hall–Kier alpha value is -1.22. The van der Waals surface area contributed by atoms with Crippen molar-refractivity contribution in [2.75, 3.05) is 6.61 Å². The number of thioether (sulfide) groups is 1. The second kappa shape index (κ2) is 13.2. The Morgan fingerprint density at radius 3 is 2.49 bits per heavy atom. The van der Waals surface area contributed by atoms with Crippen molar-refractivity contribution in [3.05, 3.63) is 41.5 Å². The van der Waals surface area contributed by atoms with E-state index in [1.807, 2.05) is 24.3 Å². The fraction of sp³-hybridized carbons (Fsp3) is 0.763. The average molecular weight is 579 g/mol. The van der Waals surface area contributed by atoms with Crippen LogP contribution in [0.4, 0.5) is 0 Å². The first-order valence-electron chi connectivity index (χ1n) is 17.3. The molecule has 0 unspecified atom stereocenters. The van der Waals surface area contributed by atoms with Crippen molar-refractivity contribution in [1.29, 1.82) is 0 Å². The molecule has 3 saturated carbocycles. The van der Waals surface area contributed by atoms with Gasteiger partial charge in [-0.05, 0) is 128 Å². The van der Waals surface area contributed by atoms with Crippen molar-refractivity contribution in [1.82, 2.24) is 0 Å². The van der Waals surface area contributed by atoms with Gasteiger partial charge in [0, 0.05) is 10.8 Å². The number of allylic oxidation sites excluding steroid dienone is 2. The first-order chi connectivity index (χ1) is 19.7. The van der Waals surface area contributed by atoms with Crippen LogP contribution in [0.15, 0.2) is 35.9 Å². The van der Waals surface area contributed by atoms with Crippen molar-refractivity contribution < 1.29 is 9.53 Å². The molecule has 3 fully saturated rings. The summed E-state index contributed by atoms with van der Waals surface area (Å²) in [6.07, 6.45) is 19.7. The topological polar surface area (TPSA) is 26.3 Å². The van der Waals surface area contributed by atoms with Gasteiger partial charge in [0.1, 0.15) is 5.75 Å². The first kappa shape index (κ1) is 31.2. The number of carbonyl (C=O) groups excluding carboxylic acids is 1. The number of unbranched alkanes of at least 4 members (excludes halogenated alkanes) is 1. The maximum absolute atomic E-state index is 13.2. The molecule has 0 saturated heterocycles. The largest absolute Gasteiger partial charge is 0.494 e. The van der Waals surface area contributed by atoms with Gasteiger partial charge in [-0.2, -0.15) is 0 Å². The lowest BCUT2D eigenvalue weighted by Gasteiger charge is -2.58. The highest BCUT2D eigenvalue weighted by molar-refractivity contribution is 8.14. The Morgan fingerprint density at radius 2 is 1.76 bits per heavy atom. The third-order valence-corrected chi connectivity index (χ3v) is 13.6. The van der Waals surface area contributed by atoms with Crippen molar-refractivity contribution in [2.24, 2.45) is 46.3 Å². The minimum atomic E-state index is 0.223. The van der Waals surface area contributed by atoms with E-state index in [1.54, 1.807) is 17.3 Å². The van der Waals surface area contributed by atoms with Gasteiger partial charge in [-0.1, -0.05) is 90.6 Å². The van der Waals surface area contributed by atoms with Crippen LogP contribution < -0.4 is 4.74 Å². The minimum Gasteiger partial charge on any atom is -0.494 e. The fourth-order valence-electron chi connectivity index (χ4n) is 9.99. The van der Waals surface area contributed by atoms with Crippen molar-refractivity contribution >= 4 is 16.9 Å². The number of carbonyl (C=O) groups is 1. The number of benzene rings is 1. The van der Waals surface area contributed by atoms with Gasteiger partial charge in [0.25, 0.3) is 0 Å². The normalized spacial score (nSPS) is 35.3. The molecule has 5 rings (SSSR count). The number of hydrogen-bond donors (Lipinski definition) is 0. The molecule has 0 spiro atoms. The van der Waals surface area contributed by atoms with E-state index in [-0.39, 0.29) is 5.12 Å². The maximum atomic E-state index is 13.2. The highest BCUT2D eigenvalue weighted by Gasteiger charge is 2.59. The molecule has 4 aliphatic rings. The Morgan fingerprint density at radius 1 is 0.976 bits per heavy atom. The van der Waals surface area contributed by atoms with E-state index in [9.17, 15) is 4.79 Å². The van der Waals surface area contributed by atoms with Crippen molar-refractivity contribution in [3.8, 4) is 5.75 Å². The molecule has 0 amide bonds. The van der Waals surface area contributed by atoms with Crippen LogP contribution in [0.3, 0.4) is 0 Å². The SMILES string of the molecule is CCCCOc1ccc(C(=O)S[C@H]2CC[C@@]3(C)C(=CC[C@H]4[C@@H]5CC[C@H]([C@@H](C)CCCC(C)C)[C@@]5(C)CC[C@@H]43)C2)cc1. The van der Waals surface area contributed by atoms with Gasteiger partial charge in [-0.3, -0.25) is 4.79 Å². The smallest absolute Gasteiger partial charge is 0.219 e. The van der Waals surface area contributed by atoms with Crippen LogP contribution in [-0.2, 0) is 0 Å². The molecule has 0 aliphatic heterocycles. The number of fused-ring (bicyclic) bond motifs is 5. The van der Waals surface area contributed by atoms with Gasteiger partial charge in [-0.25, -0.2) is 0 Å². The summed E-state index contributed by atoms with van der Waals surface area (Å²) >= 11 is 1.59. The molecule has 1 aromatic rings. The van der Waals surface area contributed by atoms with E-state index >= 15 is 0 Å². The van der Waals surface area contributed by atoms with Crippen LogP contribution >= 0.6 is 11.8 Å². The first-order valence-corrected chi connectivity index (χ1v) is 18.2. The number of hydrogen-bond acceptors (Lipinski definition) is 3. The molecule has 41 heavy (non-hydrogen) atoms. The molecule has 0 N–H and O–H groups in total. The molecule has 4 aliphatic carbocycles. The standard InChI is InChI=1S/C38H58O2S/c1-7-8-24-40-30-15-12-28(13-16-30)36(39)41-31-20-22-37(5)29(25-31)14-17-32-34-19-18-33(27(4)11-9-10-26(2)3)38(34,6)23-21-35(32)37/h12-16,26-27,31-35H,7-11,17-25H2,1-6H3/t27-,31-,32-,33+,34-,35-,37-,38+/m0/s1. The molecule has 8 atom stereocenters. The Balaban J connectivity index is 1.19. The van der Waals surface area contributed by atoms with Crippen molar-refractivity contribution in [2.45, 2.75) is 130 Å². The zero-order valence-electron chi connectivity index (χ0n) is 27.1. The Kier molecular flexibility index (Phi) is 10.0. The summed E-state index contributed by atoms with van der Waals surface area (Å²) in [5.41, 5.74) is 3.40. The van der Waals surface area contributed by atoms with Crippen LogP contribution in [0.25, 0.3) is 0 Å². The van der Waals surface area contributed by atoms with Crippen LogP contribution in [0, 0.1) is 46.3 Å². The molecule has 0 aromatic heterocycles. The van der Waals surface area contributed by atoms with Crippen LogP contribution in [-0.4, -0.2) is 17.0 Å². The second-order valence-electron chi connectivity index (χ2n) is 15.3. The van der Waals surface area contributed by atoms with Crippen LogP contribution in [0.1, 0.15) is 135 Å². The molecule has 3 heteroatoms. The lowest BCUT2D eigenvalue weighted by molar-refractivity contribution is -0.0497. The summed E-state index contributed by atoms with van der Waals surface area (Å²) in [4.78, 5) is 13.2. The molecule has 228 valence electrons. The number of rotatable bonds is 11. The fourth-order valence-corrected chi connectivity index (χ4v) is 11.1. The van der Waals surface area contributed by atoms with Crippen LogP contribution in [0.5, 0.6) is 5.75 Å². The van der Waals surface area contributed by atoms with Gasteiger partial charge in [0.15, 0.2) is 0 Å². The van der Waals surface area contributed by atoms with E-state index < -0.39 is 0 Å². The minimum absolute atomic E-state index is 0.223. The molecule has 0 bridgehead atoms. The van der Waals surface area contributed by atoms with Crippen LogP contribution in [0.2, 0.25) is 0 Å². The monoisotopic (exact) mass is 578 g/mol. The summed E-state index contributed by atoms with van der Waals surface area (Å²) in [6.45, 7) is 15.6. The molecule has 1 aromatic carbocycles. The molecule has 0 heterocycles. The van der Waals surface area contributed by atoms with Gasteiger partial charge in [0.05, 0.1) is 6.61 Å². The van der Waals surface area contributed by atoms with E-state index in [2.05, 4.69) is 47.6 Å². The van der Waals surface area contributed by atoms with E-state index in [0.29, 0.717) is 16.1 Å². The predicted octanol–water partition coefficient (Wildman–Crippen LogP) is 11.1. The van der Waals surface area contributed by atoms with Gasteiger partial charge >= 0.3 is 0 Å². The maximum Gasteiger partial charge on any atom is 0.219 e. The quantitative estimate of drug-likeness (QED) is 0.193. The van der Waals surface area contributed by atoms with Crippen molar-refractivity contribution in [3.63, 3.8) is 0 Å². The second-order valence-corrected chi connectivity index (χ2v) is 16.6. The summed E-state index contributed by atoms with van der Waals surface area (Å²) in [5.74, 6) is 6.14. The van der Waals surface area contributed by atoms with E-state index in [0.717, 1.165) is 72.7 Å². The lowest BCUT2D eigenvalue weighted by atomic mass is 9.47. The lowest BCUT2D eigenvalue weighted by Crippen LogP contribution is -2.50. The number of ether oxygens (including phenoxy) is 1. The zero-order valence-corrected chi connectivity index (χ0v) is 27.9. The average Bonchev–Trinajstić information content (AvgIpc) is 3.31. The van der Waals surface area contributed by atoms with Gasteiger partial charge < -0.3 is 4.74 Å². The van der Waals surface area contributed by atoms with Gasteiger partial charge in [-0.15, -0.1) is 0 Å². The molecular formula is C38H58O2S. The van der Waals surface area contributed by atoms with E-state index in [1.165, 1.54) is 64.2 Å². The Bertz CT molecular complexity index is 1060. The summed E-state index contributed by atoms with van der Waals surface area (Å²) < 4.78 is 5.79. The summed E-state index contributed by atoms with van der Waals surface area (Å²) in [6, 6.07) is 7.82. The zero-order chi connectivity index (χ0) is 29.2. The molecule has 0 radical (unpaired) electrons. The molecule has 2 nitrogen and oxygen atoms in total. The predicted molar refractivity (Wildman–Crippen MR) is 176 cm³/mol. The summed E-state index contributed by atoms with van der Waals surface area (Å²) in [5, 5.41) is 0.635. The van der Waals surface area contributed by atoms with Gasteiger partial charge in [0.2, 0.25) is 5.12 Å². The third-order valence-electron chi connectivity index (χ3n) is 12.4. The highest BCUT2D eigenvalue weighted by atomic mass is 32.2. The highest BCUT2D eigenvalue weighted by Crippen LogP contribution is 2.67. The third kappa shape index (κ3) is 6.51. The summed E-state index contributed by atoms with van der Waals surface area (Å²) in [7, 11) is 0. The Labute approximate surface area is 256 Å². The molecular weight excluding hydrogens is 520 g/mol. The van der Waals surface area contributed by atoms with E-state index in [4.69, 9.17) is 4.74 Å².